The summed E-state index contributed by atoms with van der Waals surface area (Å²) in [5.41, 5.74) is 0. The summed E-state index contributed by atoms with van der Waals surface area (Å²) in [6, 6.07) is 0. The van der Waals surface area contributed by atoms with Crippen LogP contribution in [0.5, 0.6) is 0 Å². The molecule has 1 fully saturated rings. The Balaban J connectivity index is 2.01. The van der Waals surface area contributed by atoms with Crippen LogP contribution in [0.3, 0.4) is 0 Å². The average Bonchev–Trinajstić information content (AvgIpc) is 2.47. The maximum atomic E-state index is 4.63. The molecular weight excluding hydrogens is 316 g/mol. The highest BCUT2D eigenvalue weighted by molar-refractivity contribution is 9.10. The molecule has 1 heterocycles. The Morgan fingerprint density at radius 3 is 2.80 bits per heavy atom. The average molecular weight is 341 g/mol. The van der Waals surface area contributed by atoms with E-state index in [4.69, 9.17) is 0 Å². The second-order valence-corrected chi connectivity index (χ2v) is 6.53. The smallest absolute Gasteiger partial charge is 0.224 e. The summed E-state index contributed by atoms with van der Waals surface area (Å²) in [4.78, 5) is 11.2. The molecule has 1 aromatic rings. The normalized spacial score (nSPS) is 16.1. The molecule has 112 valence electrons. The van der Waals surface area contributed by atoms with E-state index in [-0.39, 0.29) is 0 Å². The largest absolute Gasteiger partial charge is 0.358 e. The lowest BCUT2D eigenvalue weighted by Gasteiger charge is -2.28. The number of nitrogens with zero attached hydrogens (tertiary/aromatic N) is 3. The Hall–Kier alpha value is -0.840. The highest BCUT2D eigenvalue weighted by Gasteiger charge is 2.18. The van der Waals surface area contributed by atoms with Crippen molar-refractivity contribution in [2.75, 3.05) is 30.4 Å². The first kappa shape index (κ1) is 15.5. The molecular formula is C15H25BrN4. The predicted octanol–water partition coefficient (Wildman–Crippen LogP) is 4.08. The minimum absolute atomic E-state index is 0.723. The van der Waals surface area contributed by atoms with Gasteiger partial charge < -0.3 is 10.2 Å². The van der Waals surface area contributed by atoms with Crippen LogP contribution < -0.4 is 10.2 Å². The van der Waals surface area contributed by atoms with E-state index in [0.717, 1.165) is 41.7 Å². The third-order valence-corrected chi connectivity index (χ3v) is 4.44. The van der Waals surface area contributed by atoms with E-state index in [1.165, 1.54) is 32.1 Å². The van der Waals surface area contributed by atoms with E-state index in [0.29, 0.717) is 0 Å². The van der Waals surface area contributed by atoms with E-state index in [1.807, 2.05) is 6.20 Å². The topological polar surface area (TPSA) is 41.1 Å². The highest BCUT2D eigenvalue weighted by Crippen LogP contribution is 2.28. The summed E-state index contributed by atoms with van der Waals surface area (Å²) in [5, 5.41) is 3.25. The van der Waals surface area contributed by atoms with Crippen molar-refractivity contribution in [1.29, 1.82) is 0 Å². The molecule has 1 aromatic heterocycles. The van der Waals surface area contributed by atoms with Crippen LogP contribution in [-0.2, 0) is 0 Å². The van der Waals surface area contributed by atoms with Gasteiger partial charge in [0, 0.05) is 26.3 Å². The molecule has 2 rings (SSSR count). The Kier molecular flexibility index (Phi) is 6.07. The summed E-state index contributed by atoms with van der Waals surface area (Å²) in [6.07, 6.45) is 9.80. The van der Waals surface area contributed by atoms with Crippen molar-refractivity contribution in [2.24, 2.45) is 5.92 Å². The van der Waals surface area contributed by atoms with Crippen LogP contribution in [0.2, 0.25) is 0 Å². The van der Waals surface area contributed by atoms with Crippen molar-refractivity contribution in [3.8, 4) is 0 Å². The molecule has 0 unspecified atom stereocenters. The van der Waals surface area contributed by atoms with Gasteiger partial charge in [0.2, 0.25) is 5.95 Å². The van der Waals surface area contributed by atoms with E-state index in [2.05, 4.69) is 50.1 Å². The molecule has 0 saturated heterocycles. The van der Waals surface area contributed by atoms with Gasteiger partial charge in [-0.15, -0.1) is 0 Å². The minimum atomic E-state index is 0.723. The molecule has 20 heavy (non-hydrogen) atoms. The van der Waals surface area contributed by atoms with Crippen molar-refractivity contribution < 1.29 is 0 Å². The number of anilines is 2. The quantitative estimate of drug-likeness (QED) is 0.847. The molecule has 0 bridgehead atoms. The summed E-state index contributed by atoms with van der Waals surface area (Å²) < 4.78 is 0.970. The fraction of sp³-hybridized carbons (Fsp3) is 0.733. The van der Waals surface area contributed by atoms with Gasteiger partial charge in [-0.2, -0.15) is 4.98 Å². The summed E-state index contributed by atoms with van der Waals surface area (Å²) >= 11 is 3.57. The fourth-order valence-electron chi connectivity index (χ4n) is 2.79. The Morgan fingerprint density at radius 1 is 1.35 bits per heavy atom. The number of rotatable bonds is 6. The molecule has 0 spiro atoms. The zero-order valence-corrected chi connectivity index (χ0v) is 14.1. The van der Waals surface area contributed by atoms with E-state index >= 15 is 0 Å². The van der Waals surface area contributed by atoms with Crippen molar-refractivity contribution >= 4 is 27.7 Å². The van der Waals surface area contributed by atoms with Crippen molar-refractivity contribution in [1.82, 2.24) is 9.97 Å². The summed E-state index contributed by atoms with van der Waals surface area (Å²) in [7, 11) is 2.13. The molecule has 0 amide bonds. The van der Waals surface area contributed by atoms with Gasteiger partial charge in [-0.25, -0.2) is 4.98 Å². The first-order chi connectivity index (χ1) is 9.70. The van der Waals surface area contributed by atoms with Gasteiger partial charge in [0.1, 0.15) is 5.82 Å². The van der Waals surface area contributed by atoms with Gasteiger partial charge in [-0.05, 0) is 41.1 Å². The molecule has 4 nitrogen and oxygen atoms in total. The summed E-state index contributed by atoms with van der Waals surface area (Å²) in [5.74, 6) is 2.52. The monoisotopic (exact) mass is 340 g/mol. The molecule has 1 saturated carbocycles. The molecule has 0 atom stereocenters. The van der Waals surface area contributed by atoms with Gasteiger partial charge in [-0.1, -0.05) is 26.2 Å². The molecule has 0 aromatic carbocycles. The van der Waals surface area contributed by atoms with Gasteiger partial charge in [0.05, 0.1) is 4.47 Å². The SMILES string of the molecule is CCCNc1ncc(Br)c(N(C)CC2CCCCC2)n1. The van der Waals surface area contributed by atoms with Crippen LogP contribution in [0.15, 0.2) is 10.7 Å². The third kappa shape index (κ3) is 4.33. The first-order valence-corrected chi connectivity index (χ1v) is 8.47. The van der Waals surface area contributed by atoms with Crippen LogP contribution in [0, 0.1) is 5.92 Å². The zero-order chi connectivity index (χ0) is 14.4. The van der Waals surface area contributed by atoms with Crippen LogP contribution in [0.25, 0.3) is 0 Å². The molecule has 1 aliphatic carbocycles. The molecule has 5 heteroatoms. The van der Waals surface area contributed by atoms with Crippen LogP contribution in [0.4, 0.5) is 11.8 Å². The number of nitrogens with one attached hydrogen (secondary N) is 1. The fourth-order valence-corrected chi connectivity index (χ4v) is 3.29. The Bertz CT molecular complexity index is 418. The van der Waals surface area contributed by atoms with Gasteiger partial charge in [0.15, 0.2) is 0 Å². The van der Waals surface area contributed by atoms with Gasteiger partial charge in [0.25, 0.3) is 0 Å². The number of hydrogen-bond donors (Lipinski definition) is 1. The van der Waals surface area contributed by atoms with Crippen LogP contribution in [-0.4, -0.2) is 30.1 Å². The predicted molar refractivity (Wildman–Crippen MR) is 88.4 cm³/mol. The van der Waals surface area contributed by atoms with E-state index in [9.17, 15) is 0 Å². The standard InChI is InChI=1S/C15H25BrN4/c1-3-9-17-15-18-10-13(16)14(19-15)20(2)11-12-7-5-4-6-8-12/h10,12H,3-9,11H2,1-2H3,(H,17,18,19). The van der Waals surface area contributed by atoms with Crippen molar-refractivity contribution in [2.45, 2.75) is 45.4 Å². The highest BCUT2D eigenvalue weighted by atomic mass is 79.9. The van der Waals surface area contributed by atoms with Crippen LogP contribution in [0.1, 0.15) is 45.4 Å². The number of halogens is 1. The number of hydrogen-bond acceptors (Lipinski definition) is 4. The van der Waals surface area contributed by atoms with E-state index < -0.39 is 0 Å². The van der Waals surface area contributed by atoms with Gasteiger partial charge in [-0.3, -0.25) is 0 Å². The first-order valence-electron chi connectivity index (χ1n) is 7.68. The third-order valence-electron chi connectivity index (χ3n) is 3.88. The maximum Gasteiger partial charge on any atom is 0.224 e. The number of aromatic nitrogens is 2. The van der Waals surface area contributed by atoms with Gasteiger partial charge >= 0.3 is 0 Å². The van der Waals surface area contributed by atoms with Crippen molar-refractivity contribution in [3.63, 3.8) is 0 Å². The maximum absolute atomic E-state index is 4.63. The minimum Gasteiger partial charge on any atom is -0.358 e. The Labute approximate surface area is 130 Å². The van der Waals surface area contributed by atoms with Crippen molar-refractivity contribution in [3.05, 3.63) is 10.7 Å². The second kappa shape index (κ2) is 7.81. The lowest BCUT2D eigenvalue weighted by molar-refractivity contribution is 0.361. The molecule has 1 aliphatic rings. The van der Waals surface area contributed by atoms with Crippen LogP contribution >= 0.6 is 15.9 Å². The second-order valence-electron chi connectivity index (χ2n) is 5.68. The molecule has 1 N–H and O–H groups in total. The lowest BCUT2D eigenvalue weighted by Crippen LogP contribution is -2.28. The Morgan fingerprint density at radius 2 is 2.10 bits per heavy atom. The van der Waals surface area contributed by atoms with E-state index in [1.54, 1.807) is 0 Å². The lowest BCUT2D eigenvalue weighted by atomic mass is 9.89. The molecule has 0 radical (unpaired) electrons. The molecule has 0 aliphatic heterocycles. The zero-order valence-electron chi connectivity index (χ0n) is 12.5. The summed E-state index contributed by atoms with van der Waals surface area (Å²) in [6.45, 7) is 4.14.